The maximum Gasteiger partial charge on any atom is 0.167 e. The van der Waals surface area contributed by atoms with Gasteiger partial charge in [-0.15, -0.1) is 0 Å². The number of halogens is 2. The van der Waals surface area contributed by atoms with E-state index in [0.29, 0.717) is 35.1 Å². The molecule has 1 nitrogen and oxygen atoms in total. The Morgan fingerprint density at radius 1 is 0.912 bits per heavy atom. The summed E-state index contributed by atoms with van der Waals surface area (Å²) in [6.07, 6.45) is 13.1. The summed E-state index contributed by atoms with van der Waals surface area (Å²) in [5, 5.41) is 0.920. The van der Waals surface area contributed by atoms with E-state index in [1.165, 1.54) is 31.2 Å². The van der Waals surface area contributed by atoms with Gasteiger partial charge in [0.25, 0.3) is 0 Å². The Labute approximate surface area is 202 Å². The van der Waals surface area contributed by atoms with Crippen LogP contribution in [-0.2, 0) is 0 Å². The minimum atomic E-state index is -0.814. The highest BCUT2D eigenvalue weighted by atomic mass is 19.2. The van der Waals surface area contributed by atoms with Crippen LogP contribution in [-0.4, -0.2) is 6.61 Å². The van der Waals surface area contributed by atoms with E-state index in [2.05, 4.69) is 43.3 Å². The largest absolute Gasteiger partial charge is 0.490 e. The second kappa shape index (κ2) is 11.0. The minimum absolute atomic E-state index is 0.246. The van der Waals surface area contributed by atoms with Crippen LogP contribution in [0.5, 0.6) is 5.75 Å². The van der Waals surface area contributed by atoms with Gasteiger partial charge in [0.15, 0.2) is 11.6 Å². The molecule has 0 N–H and O–H groups in total. The number of benzene rings is 3. The smallest absolute Gasteiger partial charge is 0.167 e. The average molecular weight is 461 g/mol. The Morgan fingerprint density at radius 2 is 1.65 bits per heavy atom. The van der Waals surface area contributed by atoms with Gasteiger partial charge in [0.05, 0.1) is 0 Å². The molecule has 0 saturated heterocycles. The fraction of sp³-hybridized carbons (Fsp3) is 0.355. The first-order valence-corrected chi connectivity index (χ1v) is 12.4. The summed E-state index contributed by atoms with van der Waals surface area (Å²) < 4.78 is 35.8. The maximum atomic E-state index is 15.1. The molecule has 1 unspecified atom stereocenters. The Kier molecular flexibility index (Phi) is 7.82. The number of hydrogen-bond donors (Lipinski definition) is 0. The highest BCUT2D eigenvalue weighted by molar-refractivity contribution is 5.85. The molecule has 1 aliphatic carbocycles. The van der Waals surface area contributed by atoms with Crippen molar-refractivity contribution in [1.82, 2.24) is 0 Å². The molecule has 0 aliphatic heterocycles. The molecule has 1 fully saturated rings. The van der Waals surface area contributed by atoms with Crippen molar-refractivity contribution in [3.8, 4) is 5.75 Å². The monoisotopic (exact) mass is 460 g/mol. The van der Waals surface area contributed by atoms with E-state index < -0.39 is 11.6 Å². The summed E-state index contributed by atoms with van der Waals surface area (Å²) in [4.78, 5) is 0. The van der Waals surface area contributed by atoms with Gasteiger partial charge < -0.3 is 4.74 Å². The lowest BCUT2D eigenvalue weighted by atomic mass is 9.78. The molecule has 0 amide bonds. The highest BCUT2D eigenvalue weighted by Crippen LogP contribution is 2.38. The zero-order valence-corrected chi connectivity index (χ0v) is 20.4. The Balaban J connectivity index is 1.53. The third-order valence-corrected chi connectivity index (χ3v) is 7.21. The van der Waals surface area contributed by atoms with Crippen molar-refractivity contribution in [2.45, 2.75) is 58.3 Å². The van der Waals surface area contributed by atoms with Gasteiger partial charge in [0.1, 0.15) is 12.4 Å². The molecule has 178 valence electrons. The van der Waals surface area contributed by atoms with Gasteiger partial charge >= 0.3 is 0 Å². The summed E-state index contributed by atoms with van der Waals surface area (Å²) in [7, 11) is 0. The Morgan fingerprint density at radius 3 is 2.32 bits per heavy atom. The lowest BCUT2D eigenvalue weighted by molar-refractivity contribution is 0.363. The Hall–Kier alpha value is -2.94. The Bertz CT molecular complexity index is 1170. The molecule has 0 heterocycles. The van der Waals surface area contributed by atoms with Gasteiger partial charge in [-0.05, 0) is 91.6 Å². The molecule has 3 aromatic carbocycles. The summed E-state index contributed by atoms with van der Waals surface area (Å²) in [6, 6.07) is 15.5. The van der Waals surface area contributed by atoms with Gasteiger partial charge in [-0.2, -0.15) is 0 Å². The lowest BCUT2D eigenvalue weighted by Crippen LogP contribution is -2.11. The minimum Gasteiger partial charge on any atom is -0.490 e. The van der Waals surface area contributed by atoms with Crippen molar-refractivity contribution in [2.75, 3.05) is 6.61 Å². The average Bonchev–Trinajstić information content (AvgIpc) is 2.87. The van der Waals surface area contributed by atoms with Crippen molar-refractivity contribution in [3.63, 3.8) is 0 Å². The molecule has 0 bridgehead atoms. The lowest BCUT2D eigenvalue weighted by Gasteiger charge is -2.27. The number of rotatable bonds is 7. The van der Waals surface area contributed by atoms with Gasteiger partial charge in [0, 0.05) is 11.3 Å². The van der Waals surface area contributed by atoms with Crippen LogP contribution in [0.4, 0.5) is 8.78 Å². The van der Waals surface area contributed by atoms with Crippen LogP contribution in [0.15, 0.2) is 72.8 Å². The molecule has 1 aliphatic rings. The predicted molar refractivity (Wildman–Crippen MR) is 138 cm³/mol. The molecule has 1 saturated carbocycles. The standard InChI is InChI=1S/C31H34F2O/c1-4-6-18-34-27-17-16-26-19-28(30(32)31(33)29(26)20-27)21(3)23-12-14-25(15-13-23)24-10-8-22(7-5-2)9-11-24/h4-7,12-17,19-22,24H,8-11,18H2,1-3H3/b6-4+,7-5+. The molecule has 34 heavy (non-hydrogen) atoms. The zero-order chi connectivity index (χ0) is 24.1. The van der Waals surface area contributed by atoms with E-state index in [9.17, 15) is 0 Å². The topological polar surface area (TPSA) is 9.23 Å². The molecule has 1 atom stereocenters. The van der Waals surface area contributed by atoms with Crippen molar-refractivity contribution >= 4 is 10.8 Å². The predicted octanol–water partition coefficient (Wildman–Crippen LogP) is 9.07. The van der Waals surface area contributed by atoms with Crippen LogP contribution in [0, 0.1) is 17.6 Å². The first-order valence-electron chi connectivity index (χ1n) is 12.4. The van der Waals surface area contributed by atoms with Crippen molar-refractivity contribution < 1.29 is 13.5 Å². The molecular formula is C31H34F2O. The van der Waals surface area contributed by atoms with Gasteiger partial charge in [-0.25, -0.2) is 8.78 Å². The van der Waals surface area contributed by atoms with Crippen LogP contribution in [0.3, 0.4) is 0 Å². The second-order valence-electron chi connectivity index (χ2n) is 9.38. The van der Waals surface area contributed by atoms with E-state index in [4.69, 9.17) is 4.74 Å². The van der Waals surface area contributed by atoms with E-state index in [0.717, 1.165) is 5.56 Å². The molecule has 3 aromatic rings. The van der Waals surface area contributed by atoms with Gasteiger partial charge in [-0.3, -0.25) is 0 Å². The van der Waals surface area contributed by atoms with Crippen LogP contribution < -0.4 is 4.74 Å². The SMILES string of the molecule is C/C=C/COc1ccc2cc(C(C)c3ccc(C4CCC(/C=C/C)CC4)cc3)c(F)c(F)c2c1. The summed E-state index contributed by atoms with van der Waals surface area (Å²) in [6.45, 7) is 6.34. The van der Waals surface area contributed by atoms with E-state index in [1.54, 1.807) is 24.3 Å². The third kappa shape index (κ3) is 5.24. The van der Waals surface area contributed by atoms with Gasteiger partial charge in [0.2, 0.25) is 0 Å². The van der Waals surface area contributed by atoms with Crippen LogP contribution in [0.1, 0.15) is 75.0 Å². The van der Waals surface area contributed by atoms with E-state index in [-0.39, 0.29) is 11.3 Å². The fourth-order valence-electron chi connectivity index (χ4n) is 5.13. The molecule has 0 radical (unpaired) electrons. The maximum absolute atomic E-state index is 15.1. The van der Waals surface area contributed by atoms with Gasteiger partial charge in [-0.1, -0.05) is 61.6 Å². The molecule has 0 spiro atoms. The fourth-order valence-corrected chi connectivity index (χ4v) is 5.13. The molecule has 4 rings (SSSR count). The van der Waals surface area contributed by atoms with Crippen LogP contribution in [0.25, 0.3) is 10.8 Å². The van der Waals surface area contributed by atoms with Crippen molar-refractivity contribution in [2.24, 2.45) is 5.92 Å². The van der Waals surface area contributed by atoms with Crippen molar-refractivity contribution in [3.05, 3.63) is 101 Å². The third-order valence-electron chi connectivity index (χ3n) is 7.21. The number of fused-ring (bicyclic) bond motifs is 1. The first-order chi connectivity index (χ1) is 16.5. The quantitative estimate of drug-likeness (QED) is 0.320. The van der Waals surface area contributed by atoms with Crippen molar-refractivity contribution in [1.29, 1.82) is 0 Å². The van der Waals surface area contributed by atoms with E-state index in [1.807, 2.05) is 26.0 Å². The van der Waals surface area contributed by atoms with E-state index >= 15 is 8.78 Å². The normalized spacial score (nSPS) is 19.8. The summed E-state index contributed by atoms with van der Waals surface area (Å²) in [5.41, 5.74) is 2.73. The molecular weight excluding hydrogens is 426 g/mol. The number of allylic oxidation sites excluding steroid dienone is 3. The summed E-state index contributed by atoms with van der Waals surface area (Å²) in [5.74, 6) is -0.0153. The summed E-state index contributed by atoms with van der Waals surface area (Å²) >= 11 is 0. The number of hydrogen-bond acceptors (Lipinski definition) is 1. The molecule has 0 aromatic heterocycles. The van der Waals surface area contributed by atoms with Crippen LogP contribution >= 0.6 is 0 Å². The first kappa shape index (κ1) is 24.2. The zero-order valence-electron chi connectivity index (χ0n) is 20.4. The highest BCUT2D eigenvalue weighted by Gasteiger charge is 2.22. The van der Waals surface area contributed by atoms with Crippen LogP contribution in [0.2, 0.25) is 0 Å². The number of ether oxygens (including phenoxy) is 1. The second-order valence-corrected chi connectivity index (χ2v) is 9.38. The molecule has 3 heteroatoms.